The molecule has 3 aliphatic rings. The van der Waals surface area contributed by atoms with Crippen molar-refractivity contribution in [1.82, 2.24) is 19.5 Å². The molecular weight excluding hydrogens is 541 g/mol. The van der Waals surface area contributed by atoms with E-state index in [1.165, 1.54) is 36.6 Å². The smallest absolute Gasteiger partial charge is 0.312 e. The van der Waals surface area contributed by atoms with Gasteiger partial charge in [-0.25, -0.2) is 4.98 Å². The molecule has 2 aromatic heterocycles. The molecule has 2 aromatic rings. The summed E-state index contributed by atoms with van der Waals surface area (Å²) >= 11 is 0. The number of ether oxygens (including phenoxy) is 2. The monoisotopic (exact) mass is 583 g/mol. The number of aliphatic hydroxyl groups is 1. The highest BCUT2D eigenvalue weighted by molar-refractivity contribution is 5.96. The van der Waals surface area contributed by atoms with Gasteiger partial charge in [-0.2, -0.15) is 14.4 Å². The zero-order valence-corrected chi connectivity index (χ0v) is 24.4. The fourth-order valence-corrected chi connectivity index (χ4v) is 6.88. The second kappa shape index (κ2) is 13.0. The van der Waals surface area contributed by atoms with Crippen LogP contribution in [0.25, 0.3) is 11.2 Å². The van der Waals surface area contributed by atoms with Crippen LogP contribution in [0.15, 0.2) is 6.33 Å². The first-order valence-electron chi connectivity index (χ1n) is 15.5. The Kier molecular flexibility index (Phi) is 9.43. The molecule has 3 atom stereocenters. The van der Waals surface area contributed by atoms with Gasteiger partial charge in [0.1, 0.15) is 18.9 Å². The van der Waals surface area contributed by atoms with Crippen molar-refractivity contribution in [2.24, 2.45) is 11.3 Å². The van der Waals surface area contributed by atoms with Gasteiger partial charge in [0.25, 0.3) is 0 Å². The Morgan fingerprint density at radius 1 is 1.19 bits per heavy atom. The molecule has 11 heteroatoms. The minimum atomic E-state index is -1.57. The van der Waals surface area contributed by atoms with Crippen LogP contribution in [0.3, 0.4) is 0 Å². The van der Waals surface area contributed by atoms with Crippen LogP contribution < -0.4 is 5.32 Å². The van der Waals surface area contributed by atoms with Crippen LogP contribution in [0.5, 0.6) is 0 Å². The zero-order chi connectivity index (χ0) is 29.7. The highest BCUT2D eigenvalue weighted by Gasteiger charge is 2.50. The summed E-state index contributed by atoms with van der Waals surface area (Å²) in [6, 6.07) is 0. The number of anilines is 1. The predicted molar refractivity (Wildman–Crippen MR) is 153 cm³/mol. The highest BCUT2D eigenvalue weighted by atomic mass is 19.1. The van der Waals surface area contributed by atoms with E-state index in [-0.39, 0.29) is 47.8 Å². The van der Waals surface area contributed by atoms with Gasteiger partial charge in [0.2, 0.25) is 5.91 Å². The third-order valence-electron chi connectivity index (χ3n) is 9.50. The standard InChI is InChI=1S/C31H42FN5O5/c1-3-5-6-7-8-11-23(39)34-26-25-27(36-29(32)35-26)37(20-33-25)24-18-22(38)31(4-2,42-24)19-41-28(40)21-12-16-30(17-13-21)14-9-10-15-30/h2,20-22,24,38H,3,5-19H2,1H3,(H,34,35,36,39)/t22-,24+,31+/m0/s1. The van der Waals surface area contributed by atoms with E-state index in [2.05, 4.69) is 33.1 Å². The van der Waals surface area contributed by atoms with E-state index in [0.717, 1.165) is 57.8 Å². The number of terminal acetylenes is 1. The number of aromatic nitrogens is 4. The Hall–Kier alpha value is -3.10. The first kappa shape index (κ1) is 30.4. The van der Waals surface area contributed by atoms with Crippen LogP contribution >= 0.6 is 0 Å². The van der Waals surface area contributed by atoms with Crippen molar-refractivity contribution in [2.75, 3.05) is 11.9 Å². The summed E-state index contributed by atoms with van der Waals surface area (Å²) in [7, 11) is 0. The molecule has 1 aliphatic heterocycles. The van der Waals surface area contributed by atoms with E-state index in [1.54, 1.807) is 0 Å². The Morgan fingerprint density at radius 2 is 1.93 bits per heavy atom. The summed E-state index contributed by atoms with van der Waals surface area (Å²) in [6.45, 7) is 1.83. The number of nitrogens with one attached hydrogen (secondary N) is 1. The van der Waals surface area contributed by atoms with E-state index in [0.29, 0.717) is 11.8 Å². The lowest BCUT2D eigenvalue weighted by Crippen LogP contribution is -2.44. The summed E-state index contributed by atoms with van der Waals surface area (Å²) in [4.78, 5) is 37.4. The number of rotatable bonds is 11. The van der Waals surface area contributed by atoms with Crippen LogP contribution in [-0.2, 0) is 19.1 Å². The first-order chi connectivity index (χ1) is 20.3. The van der Waals surface area contributed by atoms with E-state index >= 15 is 0 Å². The number of halogens is 1. The summed E-state index contributed by atoms with van der Waals surface area (Å²) in [5, 5.41) is 13.6. The molecule has 2 N–H and O–H groups in total. The minimum Gasteiger partial charge on any atom is -0.461 e. The first-order valence-corrected chi connectivity index (χ1v) is 15.5. The molecule has 2 aliphatic carbocycles. The summed E-state index contributed by atoms with van der Waals surface area (Å²) < 4.78 is 27.7. The quantitative estimate of drug-likeness (QED) is 0.160. The number of aliphatic hydroxyl groups excluding tert-OH is 1. The molecule has 3 heterocycles. The molecule has 42 heavy (non-hydrogen) atoms. The average molecular weight is 584 g/mol. The van der Waals surface area contributed by atoms with Gasteiger partial charge >= 0.3 is 12.0 Å². The molecule has 0 bridgehead atoms. The third kappa shape index (κ3) is 6.45. The van der Waals surface area contributed by atoms with Crippen molar-refractivity contribution in [3.63, 3.8) is 0 Å². The largest absolute Gasteiger partial charge is 0.461 e. The van der Waals surface area contributed by atoms with Crippen molar-refractivity contribution < 1.29 is 28.6 Å². The molecule has 0 unspecified atom stereocenters. The fourth-order valence-electron chi connectivity index (χ4n) is 6.88. The SMILES string of the molecule is C#C[C@]1(COC(=O)C2CCC3(CCCC3)CC2)O[C@@H](n2cnc3c(NC(=O)CCCCCCC)nc(F)nc32)C[C@@H]1O. The maximum absolute atomic E-state index is 14.5. The number of fused-ring (bicyclic) bond motifs is 1. The lowest BCUT2D eigenvalue weighted by atomic mass is 9.69. The van der Waals surface area contributed by atoms with E-state index in [1.807, 2.05) is 0 Å². The van der Waals surface area contributed by atoms with Crippen LogP contribution in [0.4, 0.5) is 10.2 Å². The van der Waals surface area contributed by atoms with Crippen molar-refractivity contribution in [1.29, 1.82) is 0 Å². The lowest BCUT2D eigenvalue weighted by Gasteiger charge is -2.36. The number of carbonyl (C=O) groups excluding carboxylic acids is 2. The highest BCUT2D eigenvalue weighted by Crippen LogP contribution is 2.50. The molecule has 10 nitrogen and oxygen atoms in total. The van der Waals surface area contributed by atoms with Gasteiger partial charge in [0, 0.05) is 12.8 Å². The maximum atomic E-state index is 14.5. The van der Waals surface area contributed by atoms with Gasteiger partial charge in [-0.1, -0.05) is 51.4 Å². The Labute approximate surface area is 246 Å². The van der Waals surface area contributed by atoms with E-state index in [9.17, 15) is 19.1 Å². The molecule has 1 saturated heterocycles. The van der Waals surface area contributed by atoms with Crippen molar-refractivity contribution in [3.8, 4) is 12.3 Å². The van der Waals surface area contributed by atoms with Crippen molar-refractivity contribution in [3.05, 3.63) is 12.4 Å². The molecule has 1 spiro atoms. The lowest BCUT2D eigenvalue weighted by molar-refractivity contribution is -0.162. The van der Waals surface area contributed by atoms with Crippen LogP contribution in [0, 0.1) is 29.8 Å². The average Bonchev–Trinajstić information content (AvgIpc) is 3.70. The fraction of sp³-hybridized carbons (Fsp3) is 0.710. The second-order valence-corrected chi connectivity index (χ2v) is 12.3. The Morgan fingerprint density at radius 3 is 2.64 bits per heavy atom. The number of imidazole rings is 1. The minimum absolute atomic E-state index is 0.0302. The molecule has 5 rings (SSSR count). The topological polar surface area (TPSA) is 128 Å². The van der Waals surface area contributed by atoms with Crippen molar-refractivity contribution in [2.45, 2.75) is 121 Å². The second-order valence-electron chi connectivity index (χ2n) is 12.3. The number of esters is 1. The number of unbranched alkanes of at least 4 members (excludes halogenated alkanes) is 4. The van der Waals surface area contributed by atoms with E-state index in [4.69, 9.17) is 15.9 Å². The normalized spacial score (nSPS) is 25.6. The van der Waals surface area contributed by atoms with Gasteiger partial charge in [-0.05, 0) is 50.4 Å². The molecule has 228 valence electrons. The number of hydrogen-bond acceptors (Lipinski definition) is 8. The molecule has 2 saturated carbocycles. The zero-order valence-electron chi connectivity index (χ0n) is 24.4. The Balaban J connectivity index is 1.22. The molecule has 3 fully saturated rings. The van der Waals surface area contributed by atoms with Crippen LogP contribution in [0.1, 0.15) is 109 Å². The summed E-state index contributed by atoms with van der Waals surface area (Å²) in [5.41, 5.74) is -0.886. The molecule has 0 aromatic carbocycles. The third-order valence-corrected chi connectivity index (χ3v) is 9.50. The number of carbonyl (C=O) groups is 2. The van der Waals surface area contributed by atoms with E-state index < -0.39 is 24.0 Å². The van der Waals surface area contributed by atoms with Gasteiger partial charge in [0.15, 0.2) is 22.6 Å². The number of amides is 1. The summed E-state index contributed by atoms with van der Waals surface area (Å²) in [5.74, 6) is 1.70. The number of hydrogen-bond donors (Lipinski definition) is 2. The van der Waals surface area contributed by atoms with Crippen molar-refractivity contribution >= 4 is 28.9 Å². The molecule has 1 amide bonds. The van der Waals surface area contributed by atoms with Gasteiger partial charge < -0.3 is 19.9 Å². The van der Waals surface area contributed by atoms with Gasteiger partial charge in [-0.15, -0.1) is 6.42 Å². The summed E-state index contributed by atoms with van der Waals surface area (Å²) in [6.07, 6.45) is 18.2. The predicted octanol–water partition coefficient (Wildman–Crippen LogP) is 5.21. The Bertz CT molecular complexity index is 1310. The van der Waals surface area contributed by atoms with Crippen LogP contribution in [-0.4, -0.2) is 54.8 Å². The van der Waals surface area contributed by atoms with Gasteiger partial charge in [0.05, 0.1) is 12.2 Å². The molecular formula is C31H42FN5O5. The number of nitrogens with zero attached hydrogens (tertiary/aromatic N) is 4. The van der Waals surface area contributed by atoms with Gasteiger partial charge in [-0.3, -0.25) is 14.2 Å². The maximum Gasteiger partial charge on any atom is 0.312 e. The molecule has 0 radical (unpaired) electrons. The van der Waals surface area contributed by atoms with Crippen LogP contribution in [0.2, 0.25) is 0 Å².